The molecule has 0 spiro atoms. The van der Waals surface area contributed by atoms with Crippen LogP contribution in [0, 0.1) is 0 Å². The predicted octanol–water partition coefficient (Wildman–Crippen LogP) is 6.27. The monoisotopic (exact) mass is 321 g/mol. The number of anilines is 1. The number of nitrogens with two attached hydrogens (primary N) is 1. The standard InChI is InChI=1S/C24H19N/c25-23-17-8-7-14-21(23)22-16-9-15-20(18-10-3-1-4-11-18)24(22)19-12-5-2-6-13-19/h1-17H,25H2. The first-order valence-corrected chi connectivity index (χ1v) is 8.43. The van der Waals surface area contributed by atoms with Crippen molar-refractivity contribution >= 4 is 5.69 Å². The van der Waals surface area contributed by atoms with Gasteiger partial charge in [0.1, 0.15) is 0 Å². The Morgan fingerprint density at radius 1 is 0.400 bits per heavy atom. The van der Waals surface area contributed by atoms with Gasteiger partial charge in [-0.2, -0.15) is 0 Å². The van der Waals surface area contributed by atoms with E-state index in [1.54, 1.807) is 0 Å². The van der Waals surface area contributed by atoms with Crippen LogP contribution in [0.4, 0.5) is 5.69 Å². The molecule has 25 heavy (non-hydrogen) atoms. The zero-order valence-corrected chi connectivity index (χ0v) is 13.9. The third-order valence-electron chi connectivity index (χ3n) is 4.46. The van der Waals surface area contributed by atoms with E-state index in [1.165, 1.54) is 22.3 Å². The molecule has 1 nitrogen and oxygen atoms in total. The van der Waals surface area contributed by atoms with Crippen LogP contribution in [0.5, 0.6) is 0 Å². The number of benzene rings is 4. The second-order valence-electron chi connectivity index (χ2n) is 6.05. The molecule has 0 fully saturated rings. The highest BCUT2D eigenvalue weighted by Gasteiger charge is 2.14. The lowest BCUT2D eigenvalue weighted by Crippen LogP contribution is -1.94. The zero-order chi connectivity index (χ0) is 17.1. The van der Waals surface area contributed by atoms with Crippen LogP contribution in [-0.2, 0) is 0 Å². The van der Waals surface area contributed by atoms with Crippen molar-refractivity contribution in [3.8, 4) is 33.4 Å². The van der Waals surface area contributed by atoms with Crippen molar-refractivity contribution in [2.24, 2.45) is 0 Å². The second-order valence-corrected chi connectivity index (χ2v) is 6.05. The lowest BCUT2D eigenvalue weighted by atomic mass is 9.87. The molecule has 4 aromatic rings. The van der Waals surface area contributed by atoms with Gasteiger partial charge < -0.3 is 5.73 Å². The van der Waals surface area contributed by atoms with E-state index in [4.69, 9.17) is 5.73 Å². The molecule has 0 saturated heterocycles. The molecule has 0 aromatic heterocycles. The van der Waals surface area contributed by atoms with Crippen molar-refractivity contribution < 1.29 is 0 Å². The van der Waals surface area contributed by atoms with E-state index in [9.17, 15) is 0 Å². The minimum Gasteiger partial charge on any atom is -0.398 e. The van der Waals surface area contributed by atoms with E-state index in [-0.39, 0.29) is 0 Å². The summed E-state index contributed by atoms with van der Waals surface area (Å²) in [4.78, 5) is 0. The SMILES string of the molecule is Nc1ccccc1-c1cccc(-c2ccccc2)c1-c1ccccc1. The highest BCUT2D eigenvalue weighted by atomic mass is 14.6. The smallest absolute Gasteiger partial charge is 0.0393 e. The van der Waals surface area contributed by atoms with Crippen LogP contribution in [0.3, 0.4) is 0 Å². The molecule has 120 valence electrons. The average molecular weight is 321 g/mol. The van der Waals surface area contributed by atoms with Crippen molar-refractivity contribution in [2.75, 3.05) is 5.73 Å². The fraction of sp³-hybridized carbons (Fsp3) is 0. The van der Waals surface area contributed by atoms with Crippen LogP contribution in [-0.4, -0.2) is 0 Å². The van der Waals surface area contributed by atoms with Gasteiger partial charge in [0, 0.05) is 11.3 Å². The lowest BCUT2D eigenvalue weighted by molar-refractivity contribution is 1.55. The molecule has 0 unspecified atom stereocenters. The van der Waals surface area contributed by atoms with Crippen LogP contribution >= 0.6 is 0 Å². The Kier molecular flexibility index (Phi) is 4.05. The Bertz CT molecular complexity index is 989. The maximum absolute atomic E-state index is 6.29. The van der Waals surface area contributed by atoms with Crippen LogP contribution in [0.2, 0.25) is 0 Å². The molecule has 4 aromatic carbocycles. The molecule has 0 saturated carbocycles. The third kappa shape index (κ3) is 2.92. The second kappa shape index (κ2) is 6.66. The number of rotatable bonds is 3. The van der Waals surface area contributed by atoms with Gasteiger partial charge in [-0.15, -0.1) is 0 Å². The van der Waals surface area contributed by atoms with Gasteiger partial charge in [-0.3, -0.25) is 0 Å². The molecule has 0 bridgehead atoms. The van der Waals surface area contributed by atoms with Crippen LogP contribution < -0.4 is 5.73 Å². The first-order chi connectivity index (χ1) is 12.3. The van der Waals surface area contributed by atoms with Gasteiger partial charge in [-0.1, -0.05) is 97.1 Å². The van der Waals surface area contributed by atoms with E-state index in [0.29, 0.717) is 0 Å². The van der Waals surface area contributed by atoms with Gasteiger partial charge in [-0.05, 0) is 33.9 Å². The summed E-state index contributed by atoms with van der Waals surface area (Å²) in [5, 5.41) is 0. The highest BCUT2D eigenvalue weighted by molar-refractivity contribution is 5.96. The largest absolute Gasteiger partial charge is 0.398 e. The summed E-state index contributed by atoms with van der Waals surface area (Å²) in [5.41, 5.74) is 14.1. The van der Waals surface area contributed by atoms with Crippen molar-refractivity contribution in [1.82, 2.24) is 0 Å². The van der Waals surface area contributed by atoms with Gasteiger partial charge in [-0.25, -0.2) is 0 Å². The van der Waals surface area contributed by atoms with E-state index < -0.39 is 0 Å². The van der Waals surface area contributed by atoms with E-state index in [0.717, 1.165) is 16.8 Å². The number of hydrogen-bond acceptors (Lipinski definition) is 1. The van der Waals surface area contributed by atoms with Gasteiger partial charge in [0.2, 0.25) is 0 Å². The fourth-order valence-corrected chi connectivity index (χ4v) is 3.29. The molecular weight excluding hydrogens is 302 g/mol. The maximum atomic E-state index is 6.29. The molecule has 1 heteroatoms. The Labute approximate surface area is 148 Å². The Hall–Kier alpha value is -3.32. The molecule has 0 aliphatic rings. The van der Waals surface area contributed by atoms with Crippen molar-refractivity contribution in [3.05, 3.63) is 103 Å². The maximum Gasteiger partial charge on any atom is 0.0393 e. The Balaban J connectivity index is 2.05. The summed E-state index contributed by atoms with van der Waals surface area (Å²) < 4.78 is 0. The molecule has 0 atom stereocenters. The van der Waals surface area contributed by atoms with Crippen LogP contribution in [0.1, 0.15) is 0 Å². The molecule has 0 amide bonds. The molecule has 0 aliphatic heterocycles. The lowest BCUT2D eigenvalue weighted by Gasteiger charge is -2.17. The normalized spacial score (nSPS) is 10.6. The third-order valence-corrected chi connectivity index (χ3v) is 4.46. The summed E-state index contributed by atoms with van der Waals surface area (Å²) in [6.07, 6.45) is 0. The van der Waals surface area contributed by atoms with Gasteiger partial charge in [0.05, 0.1) is 0 Å². The summed E-state index contributed by atoms with van der Waals surface area (Å²) in [6, 6.07) is 35.5. The number of hydrogen-bond donors (Lipinski definition) is 1. The number of para-hydroxylation sites is 1. The molecule has 0 heterocycles. The Morgan fingerprint density at radius 2 is 0.920 bits per heavy atom. The fourth-order valence-electron chi connectivity index (χ4n) is 3.29. The van der Waals surface area contributed by atoms with Crippen molar-refractivity contribution in [3.63, 3.8) is 0 Å². The molecule has 4 rings (SSSR count). The summed E-state index contributed by atoms with van der Waals surface area (Å²) in [7, 11) is 0. The summed E-state index contributed by atoms with van der Waals surface area (Å²) in [5.74, 6) is 0. The minimum absolute atomic E-state index is 0.796. The Morgan fingerprint density at radius 3 is 1.60 bits per heavy atom. The molecule has 0 radical (unpaired) electrons. The van der Waals surface area contributed by atoms with Crippen molar-refractivity contribution in [1.29, 1.82) is 0 Å². The van der Waals surface area contributed by atoms with E-state index in [1.807, 2.05) is 30.3 Å². The van der Waals surface area contributed by atoms with Crippen molar-refractivity contribution in [2.45, 2.75) is 0 Å². The van der Waals surface area contributed by atoms with Gasteiger partial charge in [0.15, 0.2) is 0 Å². The molecular formula is C24H19N. The number of nitrogen functional groups attached to an aromatic ring is 1. The van der Waals surface area contributed by atoms with Gasteiger partial charge >= 0.3 is 0 Å². The van der Waals surface area contributed by atoms with Crippen LogP contribution in [0.15, 0.2) is 103 Å². The zero-order valence-electron chi connectivity index (χ0n) is 13.9. The average Bonchev–Trinajstić information content (AvgIpc) is 2.69. The van der Waals surface area contributed by atoms with Crippen LogP contribution in [0.25, 0.3) is 33.4 Å². The highest BCUT2D eigenvalue weighted by Crippen LogP contribution is 2.41. The van der Waals surface area contributed by atoms with E-state index in [2.05, 4.69) is 72.8 Å². The first-order valence-electron chi connectivity index (χ1n) is 8.43. The van der Waals surface area contributed by atoms with E-state index >= 15 is 0 Å². The summed E-state index contributed by atoms with van der Waals surface area (Å²) in [6.45, 7) is 0. The first kappa shape index (κ1) is 15.2. The minimum atomic E-state index is 0.796. The molecule has 0 aliphatic carbocycles. The van der Waals surface area contributed by atoms with Gasteiger partial charge in [0.25, 0.3) is 0 Å². The predicted molar refractivity (Wildman–Crippen MR) is 107 cm³/mol. The molecule has 2 N–H and O–H groups in total. The summed E-state index contributed by atoms with van der Waals surface area (Å²) >= 11 is 0. The topological polar surface area (TPSA) is 26.0 Å². The quantitative estimate of drug-likeness (QED) is 0.442.